The summed E-state index contributed by atoms with van der Waals surface area (Å²) in [5.74, 6) is -0.763. The largest absolute Gasteiger partial charge is 0.508 e. The molecule has 0 bridgehead atoms. The lowest BCUT2D eigenvalue weighted by molar-refractivity contribution is 0.0358. The van der Waals surface area contributed by atoms with Crippen molar-refractivity contribution >= 4 is 11.8 Å². The predicted molar refractivity (Wildman–Crippen MR) is 87.9 cm³/mol. The minimum absolute atomic E-state index is 0.00524. The van der Waals surface area contributed by atoms with Gasteiger partial charge in [0.15, 0.2) is 0 Å². The van der Waals surface area contributed by atoms with Crippen molar-refractivity contribution in [1.29, 1.82) is 0 Å². The molecule has 0 saturated heterocycles. The first-order chi connectivity index (χ1) is 10.8. The van der Waals surface area contributed by atoms with E-state index in [1.54, 1.807) is 36.4 Å². The number of benzene rings is 2. The second kappa shape index (κ2) is 6.52. The fourth-order valence-electron chi connectivity index (χ4n) is 2.05. The first-order valence-electron chi connectivity index (χ1n) is 7.28. The van der Waals surface area contributed by atoms with Crippen LogP contribution in [0.3, 0.4) is 0 Å². The minimum Gasteiger partial charge on any atom is -0.508 e. The molecule has 23 heavy (non-hydrogen) atoms. The minimum atomic E-state index is -0.612. The molecule has 0 saturated carbocycles. The second-order valence-electron chi connectivity index (χ2n) is 6.17. The van der Waals surface area contributed by atoms with Crippen molar-refractivity contribution in [2.24, 2.45) is 0 Å². The molecule has 2 rings (SSSR count). The highest BCUT2D eigenvalue weighted by molar-refractivity contribution is 5.99. The fourth-order valence-corrected chi connectivity index (χ4v) is 2.05. The molecular weight excluding hydrogens is 292 g/mol. The molecule has 0 aliphatic rings. The highest BCUT2D eigenvalue weighted by Gasteiger charge is 2.29. The van der Waals surface area contributed by atoms with Gasteiger partial charge in [0.1, 0.15) is 5.75 Å². The van der Waals surface area contributed by atoms with Crippen LogP contribution in [0.2, 0.25) is 0 Å². The van der Waals surface area contributed by atoms with Crippen LogP contribution in [0.15, 0.2) is 54.6 Å². The number of phenols is 1. The number of hydrazine groups is 1. The summed E-state index contributed by atoms with van der Waals surface area (Å²) in [6.07, 6.45) is 0. The lowest BCUT2D eigenvalue weighted by atomic mass is 10.1. The van der Waals surface area contributed by atoms with E-state index in [0.717, 1.165) is 0 Å². The van der Waals surface area contributed by atoms with Crippen LogP contribution < -0.4 is 5.43 Å². The first kappa shape index (κ1) is 16.5. The smallest absolute Gasteiger partial charge is 0.272 e. The van der Waals surface area contributed by atoms with Crippen molar-refractivity contribution in [3.63, 3.8) is 0 Å². The number of carbonyl (C=O) groups excluding carboxylic acids is 2. The number of amides is 2. The lowest BCUT2D eigenvalue weighted by Gasteiger charge is -2.35. The van der Waals surface area contributed by atoms with Gasteiger partial charge in [-0.1, -0.05) is 24.3 Å². The van der Waals surface area contributed by atoms with Gasteiger partial charge in [-0.05, 0) is 51.1 Å². The number of nitrogens with zero attached hydrogens (tertiary/aromatic N) is 1. The summed E-state index contributed by atoms with van der Waals surface area (Å²) >= 11 is 0. The molecule has 120 valence electrons. The highest BCUT2D eigenvalue weighted by Crippen LogP contribution is 2.17. The molecular formula is C18H20N2O3. The van der Waals surface area contributed by atoms with Gasteiger partial charge in [0, 0.05) is 11.1 Å². The topological polar surface area (TPSA) is 69.6 Å². The van der Waals surface area contributed by atoms with Crippen LogP contribution in [0.4, 0.5) is 0 Å². The van der Waals surface area contributed by atoms with Crippen molar-refractivity contribution in [3.8, 4) is 5.75 Å². The van der Waals surface area contributed by atoms with E-state index in [-0.39, 0.29) is 17.2 Å². The Kier molecular flexibility index (Phi) is 4.69. The Morgan fingerprint density at radius 1 is 0.957 bits per heavy atom. The Bertz CT molecular complexity index is 706. The molecule has 2 aromatic carbocycles. The van der Waals surface area contributed by atoms with Crippen LogP contribution in [-0.2, 0) is 0 Å². The molecule has 0 heterocycles. The molecule has 5 nitrogen and oxygen atoms in total. The average Bonchev–Trinajstić information content (AvgIpc) is 2.51. The molecule has 2 N–H and O–H groups in total. The van der Waals surface area contributed by atoms with Crippen LogP contribution in [0.1, 0.15) is 41.5 Å². The molecule has 0 spiro atoms. The highest BCUT2D eigenvalue weighted by atomic mass is 16.3. The number of hydrogen-bond donors (Lipinski definition) is 2. The summed E-state index contributed by atoms with van der Waals surface area (Å²) in [4.78, 5) is 25.1. The molecule has 2 aromatic rings. The number of hydrogen-bond acceptors (Lipinski definition) is 3. The van der Waals surface area contributed by atoms with Crippen LogP contribution >= 0.6 is 0 Å². The maximum Gasteiger partial charge on any atom is 0.272 e. The van der Waals surface area contributed by atoms with Crippen LogP contribution in [-0.4, -0.2) is 27.5 Å². The van der Waals surface area contributed by atoms with E-state index < -0.39 is 11.4 Å². The first-order valence-corrected chi connectivity index (χ1v) is 7.28. The lowest BCUT2D eigenvalue weighted by Crippen LogP contribution is -2.55. The zero-order valence-electron chi connectivity index (χ0n) is 13.4. The third kappa shape index (κ3) is 4.10. The van der Waals surface area contributed by atoms with Crippen molar-refractivity contribution < 1.29 is 14.7 Å². The normalized spacial score (nSPS) is 10.9. The molecule has 0 atom stereocenters. The molecule has 0 radical (unpaired) electrons. The third-order valence-electron chi connectivity index (χ3n) is 3.22. The van der Waals surface area contributed by atoms with Crippen molar-refractivity contribution in [1.82, 2.24) is 10.4 Å². The Balaban J connectivity index is 2.27. The predicted octanol–water partition coefficient (Wildman–Crippen LogP) is 2.98. The van der Waals surface area contributed by atoms with Gasteiger partial charge in [0.2, 0.25) is 0 Å². The van der Waals surface area contributed by atoms with E-state index in [2.05, 4.69) is 5.43 Å². The Labute approximate surface area is 135 Å². The van der Waals surface area contributed by atoms with Crippen LogP contribution in [0.5, 0.6) is 5.75 Å². The van der Waals surface area contributed by atoms with Gasteiger partial charge in [0.25, 0.3) is 11.8 Å². The van der Waals surface area contributed by atoms with Crippen LogP contribution in [0, 0.1) is 0 Å². The number of phenolic OH excluding ortho intramolecular Hbond substituents is 1. The average molecular weight is 312 g/mol. The number of nitrogens with one attached hydrogen (secondary N) is 1. The summed E-state index contributed by atoms with van der Waals surface area (Å²) in [7, 11) is 0. The van der Waals surface area contributed by atoms with Gasteiger partial charge in [0.05, 0.1) is 5.54 Å². The van der Waals surface area contributed by atoms with E-state index in [0.29, 0.717) is 5.56 Å². The summed E-state index contributed by atoms with van der Waals surface area (Å²) in [6.45, 7) is 5.49. The van der Waals surface area contributed by atoms with Gasteiger partial charge >= 0.3 is 0 Å². The van der Waals surface area contributed by atoms with Gasteiger partial charge in [-0.25, -0.2) is 5.01 Å². The Morgan fingerprint density at radius 3 is 2.13 bits per heavy atom. The zero-order valence-corrected chi connectivity index (χ0v) is 13.4. The van der Waals surface area contributed by atoms with Crippen LogP contribution in [0.25, 0.3) is 0 Å². The van der Waals surface area contributed by atoms with E-state index in [9.17, 15) is 14.7 Å². The van der Waals surface area contributed by atoms with E-state index in [4.69, 9.17) is 0 Å². The molecule has 0 aliphatic heterocycles. The zero-order chi connectivity index (χ0) is 17.0. The number of carbonyl (C=O) groups is 2. The summed E-state index contributed by atoms with van der Waals surface area (Å²) in [5.41, 5.74) is 2.78. The number of rotatable bonds is 2. The van der Waals surface area contributed by atoms with E-state index in [1.165, 1.54) is 17.1 Å². The Hall–Kier alpha value is -2.82. The third-order valence-corrected chi connectivity index (χ3v) is 3.22. The molecule has 5 heteroatoms. The summed E-state index contributed by atoms with van der Waals surface area (Å²) < 4.78 is 0. The molecule has 0 fully saturated rings. The Morgan fingerprint density at radius 2 is 1.57 bits per heavy atom. The van der Waals surface area contributed by atoms with E-state index >= 15 is 0 Å². The van der Waals surface area contributed by atoms with Gasteiger partial charge in [-0.2, -0.15) is 0 Å². The molecule has 2 amide bonds. The van der Waals surface area contributed by atoms with Gasteiger partial charge in [-0.3, -0.25) is 15.0 Å². The fraction of sp³-hybridized carbons (Fsp3) is 0.222. The quantitative estimate of drug-likeness (QED) is 0.838. The molecule has 0 aliphatic carbocycles. The van der Waals surface area contributed by atoms with Crippen molar-refractivity contribution in [2.75, 3.05) is 0 Å². The molecule has 0 unspecified atom stereocenters. The second-order valence-corrected chi connectivity index (χ2v) is 6.17. The maximum absolute atomic E-state index is 12.7. The monoisotopic (exact) mass is 312 g/mol. The number of aromatic hydroxyl groups is 1. The summed E-state index contributed by atoms with van der Waals surface area (Å²) in [6, 6.07) is 14.7. The van der Waals surface area contributed by atoms with Gasteiger partial charge < -0.3 is 5.11 Å². The standard InChI is InChI=1S/C18H20N2O3/c1-18(2,3)20(17(23)13-8-5-4-6-9-13)19-16(22)14-10-7-11-15(21)12-14/h4-12,21H,1-3H3,(H,19,22). The van der Waals surface area contributed by atoms with E-state index in [1.807, 2.05) is 26.8 Å². The molecule has 0 aromatic heterocycles. The van der Waals surface area contributed by atoms with Crippen molar-refractivity contribution in [3.05, 3.63) is 65.7 Å². The van der Waals surface area contributed by atoms with Gasteiger partial charge in [-0.15, -0.1) is 0 Å². The summed E-state index contributed by atoms with van der Waals surface area (Å²) in [5, 5.41) is 10.8. The SMILES string of the molecule is CC(C)(C)N(NC(=O)c1cccc(O)c1)C(=O)c1ccccc1. The van der Waals surface area contributed by atoms with Crippen molar-refractivity contribution in [2.45, 2.75) is 26.3 Å². The maximum atomic E-state index is 12.7.